The lowest BCUT2D eigenvalue weighted by Crippen LogP contribution is -2.66. The number of fused-ring (bicyclic) bond motifs is 1. The second-order valence-electron chi connectivity index (χ2n) is 6.16. The van der Waals surface area contributed by atoms with Crippen molar-refractivity contribution in [1.82, 2.24) is 10.1 Å². The molecule has 0 spiro atoms. The molecule has 0 aromatic carbocycles. The molecule has 2 unspecified atom stereocenters. The van der Waals surface area contributed by atoms with Crippen LogP contribution < -0.4 is 4.90 Å². The van der Waals surface area contributed by atoms with Gasteiger partial charge in [-0.05, 0) is 30.9 Å². The van der Waals surface area contributed by atoms with Crippen molar-refractivity contribution in [2.24, 2.45) is 0 Å². The van der Waals surface area contributed by atoms with Gasteiger partial charge in [0.05, 0.1) is 11.8 Å². The summed E-state index contributed by atoms with van der Waals surface area (Å²) in [5, 5.41) is 15.1. The van der Waals surface area contributed by atoms with Crippen LogP contribution in [0.25, 0.3) is 0 Å². The predicted molar refractivity (Wildman–Crippen MR) is 88.6 cm³/mol. The number of carboxylic acids is 1. The number of hydrogen-bond acceptors (Lipinski definition) is 6. The van der Waals surface area contributed by atoms with Gasteiger partial charge in [0.25, 0.3) is 5.91 Å². The van der Waals surface area contributed by atoms with Gasteiger partial charge < -0.3 is 14.5 Å². The van der Waals surface area contributed by atoms with E-state index in [0.29, 0.717) is 36.5 Å². The fourth-order valence-corrected chi connectivity index (χ4v) is 4.44. The summed E-state index contributed by atoms with van der Waals surface area (Å²) in [6.45, 7) is 2.12. The van der Waals surface area contributed by atoms with E-state index in [1.54, 1.807) is 18.4 Å². The Morgan fingerprint density at radius 2 is 2.32 bits per heavy atom. The number of aliphatic carboxylic acids is 1. The van der Waals surface area contributed by atoms with Crippen molar-refractivity contribution in [3.63, 3.8) is 0 Å². The lowest BCUT2D eigenvalue weighted by Gasteiger charge is -2.50. The van der Waals surface area contributed by atoms with Crippen molar-refractivity contribution in [1.29, 1.82) is 0 Å². The number of anilines is 1. The number of β-lactam (4-membered cyclic amide) rings is 1. The number of aryl methyl sites for hydroxylation is 1. The molecule has 1 aromatic heterocycles. The first-order chi connectivity index (χ1) is 11.9. The molecule has 4 heterocycles. The molecule has 1 N–H and O–H groups in total. The quantitative estimate of drug-likeness (QED) is 0.639. The van der Waals surface area contributed by atoms with E-state index in [2.05, 4.69) is 5.16 Å². The second-order valence-corrected chi connectivity index (χ2v) is 7.25. The smallest absolute Gasteiger partial charge is 0.337 e. The Bertz CT molecular complexity index is 845. The fourth-order valence-electron chi connectivity index (χ4n) is 3.32. The number of nitrogens with zero attached hydrogens (tertiary/aromatic N) is 3. The zero-order chi connectivity index (χ0) is 17.8. The summed E-state index contributed by atoms with van der Waals surface area (Å²) in [7, 11) is 0. The first kappa shape index (κ1) is 15.9. The average Bonchev–Trinajstić information content (AvgIpc) is 3.12. The average molecular weight is 361 g/mol. The van der Waals surface area contributed by atoms with E-state index in [0.717, 1.165) is 0 Å². The van der Waals surface area contributed by atoms with Gasteiger partial charge in [-0.2, -0.15) is 0 Å². The molecule has 0 saturated carbocycles. The van der Waals surface area contributed by atoms with Crippen molar-refractivity contribution in [3.8, 4) is 0 Å². The van der Waals surface area contributed by atoms with Crippen LogP contribution in [0.4, 0.5) is 5.82 Å². The van der Waals surface area contributed by atoms with Crippen LogP contribution in [0.15, 0.2) is 33.7 Å². The van der Waals surface area contributed by atoms with Gasteiger partial charge in [-0.1, -0.05) is 5.16 Å². The van der Waals surface area contributed by atoms with Gasteiger partial charge in [0, 0.05) is 18.2 Å². The van der Waals surface area contributed by atoms with Crippen LogP contribution in [0.3, 0.4) is 0 Å². The number of amides is 2. The third-order valence-corrected chi connectivity index (χ3v) is 5.60. The van der Waals surface area contributed by atoms with Gasteiger partial charge >= 0.3 is 5.97 Å². The Balaban J connectivity index is 1.70. The normalized spacial score (nSPS) is 30.0. The number of carboxylic acid groups (broad SMARTS) is 1. The number of hydrogen-bond donors (Lipinski definition) is 1. The number of carbonyl (C=O) groups is 3. The summed E-state index contributed by atoms with van der Waals surface area (Å²) in [4.78, 5) is 39.5. The number of thioether (sulfide) groups is 1. The Hall–Kier alpha value is -2.55. The zero-order valence-electron chi connectivity index (χ0n) is 13.3. The van der Waals surface area contributed by atoms with E-state index < -0.39 is 11.5 Å². The predicted octanol–water partition coefficient (Wildman–Crippen LogP) is 1.29. The summed E-state index contributed by atoms with van der Waals surface area (Å²) in [6, 6.07) is 1.65. The summed E-state index contributed by atoms with van der Waals surface area (Å²) in [5.74, 6) is -0.717. The van der Waals surface area contributed by atoms with Crippen LogP contribution in [0.1, 0.15) is 18.6 Å². The molecule has 8 nitrogen and oxygen atoms in total. The maximum atomic E-state index is 12.7. The van der Waals surface area contributed by atoms with Crippen LogP contribution in [0.5, 0.6) is 0 Å². The molecule has 2 atom stereocenters. The molecule has 1 aromatic rings. The van der Waals surface area contributed by atoms with E-state index in [1.807, 2.05) is 0 Å². The first-order valence-corrected chi connectivity index (χ1v) is 8.72. The molecule has 2 saturated heterocycles. The van der Waals surface area contributed by atoms with Gasteiger partial charge in [0.15, 0.2) is 11.4 Å². The minimum absolute atomic E-state index is 0.198. The van der Waals surface area contributed by atoms with E-state index in [4.69, 9.17) is 4.52 Å². The lowest BCUT2D eigenvalue weighted by molar-refractivity contribution is -0.160. The van der Waals surface area contributed by atoms with E-state index in [1.165, 1.54) is 33.7 Å². The van der Waals surface area contributed by atoms with E-state index in [9.17, 15) is 19.5 Å². The third-order valence-electron chi connectivity index (χ3n) is 4.62. The molecule has 2 fully saturated rings. The molecule has 4 rings (SSSR count). The highest BCUT2D eigenvalue weighted by atomic mass is 32.2. The minimum atomic E-state index is -1.61. The molecule has 0 bridgehead atoms. The number of rotatable bonds is 3. The molecule has 0 aliphatic carbocycles. The topological polar surface area (TPSA) is 104 Å². The highest BCUT2D eigenvalue weighted by molar-refractivity contribution is 8.02. The highest BCUT2D eigenvalue weighted by Gasteiger charge is 2.55. The minimum Gasteiger partial charge on any atom is -0.479 e. The van der Waals surface area contributed by atoms with Crippen molar-refractivity contribution in [2.75, 3.05) is 11.4 Å². The summed E-state index contributed by atoms with van der Waals surface area (Å²) in [5.41, 5.74) is -1.25. The number of aromatic nitrogens is 1. The maximum absolute atomic E-state index is 12.7. The zero-order valence-corrected chi connectivity index (χ0v) is 14.2. The van der Waals surface area contributed by atoms with Crippen molar-refractivity contribution < 1.29 is 24.0 Å². The van der Waals surface area contributed by atoms with E-state index >= 15 is 0 Å². The Morgan fingerprint density at radius 1 is 1.52 bits per heavy atom. The van der Waals surface area contributed by atoms with Crippen molar-refractivity contribution in [3.05, 3.63) is 35.0 Å². The lowest BCUT2D eigenvalue weighted by atomic mass is 9.89. The SMILES string of the molecule is Cc1cc(N2CC/C(=C\C3(C(=O)O)C=CSC4CC(=O)N43)C2=O)no1. The van der Waals surface area contributed by atoms with Crippen LogP contribution in [0.2, 0.25) is 0 Å². The van der Waals surface area contributed by atoms with Gasteiger partial charge in [0.1, 0.15) is 5.76 Å². The Kier molecular flexibility index (Phi) is 3.50. The van der Waals surface area contributed by atoms with Gasteiger partial charge in [-0.3, -0.25) is 14.5 Å². The van der Waals surface area contributed by atoms with Crippen molar-refractivity contribution >= 4 is 35.4 Å². The van der Waals surface area contributed by atoms with Gasteiger partial charge in [-0.15, -0.1) is 11.8 Å². The Morgan fingerprint density at radius 3 is 2.96 bits per heavy atom. The summed E-state index contributed by atoms with van der Waals surface area (Å²) >= 11 is 1.41. The molecule has 0 radical (unpaired) electrons. The second kappa shape index (κ2) is 5.48. The van der Waals surface area contributed by atoms with E-state index in [-0.39, 0.29) is 17.2 Å². The number of carbonyl (C=O) groups excluding carboxylic acids is 2. The monoisotopic (exact) mass is 361 g/mol. The Labute approximate surface area is 147 Å². The molecule has 130 valence electrons. The molecule has 25 heavy (non-hydrogen) atoms. The van der Waals surface area contributed by atoms with Crippen LogP contribution in [-0.4, -0.2) is 50.4 Å². The highest BCUT2D eigenvalue weighted by Crippen LogP contribution is 2.43. The largest absolute Gasteiger partial charge is 0.479 e. The molecule has 2 amide bonds. The van der Waals surface area contributed by atoms with Gasteiger partial charge in [-0.25, -0.2) is 4.79 Å². The van der Waals surface area contributed by atoms with Crippen molar-refractivity contribution in [2.45, 2.75) is 30.7 Å². The maximum Gasteiger partial charge on any atom is 0.337 e. The van der Waals surface area contributed by atoms with Gasteiger partial charge in [0.2, 0.25) is 5.91 Å². The first-order valence-electron chi connectivity index (χ1n) is 7.78. The summed E-state index contributed by atoms with van der Waals surface area (Å²) < 4.78 is 5.00. The molecule has 3 aliphatic heterocycles. The molecule has 3 aliphatic rings. The summed E-state index contributed by atoms with van der Waals surface area (Å²) in [6.07, 6.45) is 3.57. The van der Waals surface area contributed by atoms with Crippen LogP contribution in [-0.2, 0) is 14.4 Å². The standard InChI is InChI=1S/C16H15N3O5S/c1-9-6-11(17-24-9)18-4-2-10(14(18)21)8-16(15(22)23)3-5-25-13-7-12(20)19(13)16/h3,5-6,8,13H,2,4,7H2,1H3,(H,22,23)/b10-8+. The molecule has 9 heteroatoms. The van der Waals surface area contributed by atoms with Crippen LogP contribution >= 0.6 is 11.8 Å². The fraction of sp³-hybridized carbons (Fsp3) is 0.375. The molecular weight excluding hydrogens is 346 g/mol. The third kappa shape index (κ3) is 2.30. The van der Waals surface area contributed by atoms with Crippen LogP contribution in [0, 0.1) is 6.92 Å². The molecular formula is C16H15N3O5S.